The van der Waals surface area contributed by atoms with Crippen LogP contribution in [-0.4, -0.2) is 25.0 Å². The lowest BCUT2D eigenvalue weighted by molar-refractivity contribution is 0.242. The maximum Gasteiger partial charge on any atom is 0.128 e. The zero-order chi connectivity index (χ0) is 15.1. The van der Waals surface area contributed by atoms with E-state index in [1.54, 1.807) is 6.07 Å². The van der Waals surface area contributed by atoms with Crippen LogP contribution in [0.3, 0.4) is 0 Å². The average molecular weight is 286 g/mol. The van der Waals surface area contributed by atoms with E-state index in [2.05, 4.69) is 29.2 Å². The number of likely N-dealkylation sites (N-methyl/N-ethyl adjacent to an activating group) is 1. The first-order valence-corrected chi connectivity index (χ1v) is 7.41. The summed E-state index contributed by atoms with van der Waals surface area (Å²) in [4.78, 5) is 2.14. The van der Waals surface area contributed by atoms with Gasteiger partial charge in [0.05, 0.1) is 0 Å². The molecule has 1 atom stereocenters. The number of aryl methyl sites for hydroxylation is 1. The Hall–Kier alpha value is -1.71. The summed E-state index contributed by atoms with van der Waals surface area (Å²) in [5, 5.41) is 0. The van der Waals surface area contributed by atoms with Gasteiger partial charge in [0.1, 0.15) is 5.82 Å². The SMILES string of the molecule is CN(CCCc1ccccc1)C(CN)c1ccccc1F. The van der Waals surface area contributed by atoms with Gasteiger partial charge in [-0.05, 0) is 38.1 Å². The summed E-state index contributed by atoms with van der Waals surface area (Å²) in [6, 6.07) is 17.2. The number of hydrogen-bond donors (Lipinski definition) is 1. The lowest BCUT2D eigenvalue weighted by Crippen LogP contribution is -2.32. The van der Waals surface area contributed by atoms with Crippen molar-refractivity contribution < 1.29 is 4.39 Å². The molecular formula is C18H23FN2. The van der Waals surface area contributed by atoms with E-state index >= 15 is 0 Å². The molecule has 2 aromatic rings. The van der Waals surface area contributed by atoms with Gasteiger partial charge in [-0.3, -0.25) is 4.90 Å². The molecule has 0 fully saturated rings. The van der Waals surface area contributed by atoms with Gasteiger partial charge in [-0.25, -0.2) is 4.39 Å². The highest BCUT2D eigenvalue weighted by Gasteiger charge is 2.18. The molecule has 21 heavy (non-hydrogen) atoms. The van der Waals surface area contributed by atoms with Crippen LogP contribution in [0.2, 0.25) is 0 Å². The Labute approximate surface area is 126 Å². The maximum atomic E-state index is 13.9. The molecule has 0 aliphatic heterocycles. The molecule has 2 N–H and O–H groups in total. The minimum absolute atomic E-state index is 0.0676. The second-order valence-electron chi connectivity index (χ2n) is 5.34. The Bertz CT molecular complexity index is 542. The van der Waals surface area contributed by atoms with E-state index in [-0.39, 0.29) is 11.9 Å². The van der Waals surface area contributed by atoms with Crippen LogP contribution < -0.4 is 5.73 Å². The molecule has 2 nitrogen and oxygen atoms in total. The summed E-state index contributed by atoms with van der Waals surface area (Å²) >= 11 is 0. The quantitative estimate of drug-likeness (QED) is 0.845. The van der Waals surface area contributed by atoms with Crippen molar-refractivity contribution in [2.24, 2.45) is 5.73 Å². The fraction of sp³-hybridized carbons (Fsp3) is 0.333. The maximum absolute atomic E-state index is 13.9. The highest BCUT2D eigenvalue weighted by molar-refractivity contribution is 5.21. The van der Waals surface area contributed by atoms with E-state index in [1.165, 1.54) is 11.6 Å². The zero-order valence-electron chi connectivity index (χ0n) is 12.5. The third kappa shape index (κ3) is 4.38. The van der Waals surface area contributed by atoms with Crippen molar-refractivity contribution in [2.75, 3.05) is 20.1 Å². The van der Waals surface area contributed by atoms with E-state index in [0.717, 1.165) is 19.4 Å². The van der Waals surface area contributed by atoms with Crippen molar-refractivity contribution in [1.29, 1.82) is 0 Å². The van der Waals surface area contributed by atoms with E-state index < -0.39 is 0 Å². The van der Waals surface area contributed by atoms with E-state index in [4.69, 9.17) is 5.73 Å². The van der Waals surface area contributed by atoms with E-state index in [0.29, 0.717) is 12.1 Å². The van der Waals surface area contributed by atoms with Crippen molar-refractivity contribution in [2.45, 2.75) is 18.9 Å². The molecule has 0 heterocycles. The fourth-order valence-electron chi connectivity index (χ4n) is 2.62. The summed E-state index contributed by atoms with van der Waals surface area (Å²) in [6.07, 6.45) is 2.06. The number of hydrogen-bond acceptors (Lipinski definition) is 2. The molecule has 0 spiro atoms. The van der Waals surface area contributed by atoms with Crippen LogP contribution in [0.5, 0.6) is 0 Å². The van der Waals surface area contributed by atoms with E-state index in [9.17, 15) is 4.39 Å². The standard InChI is InChI=1S/C18H23FN2/c1-21(13-7-10-15-8-3-2-4-9-15)18(14-20)16-11-5-6-12-17(16)19/h2-6,8-9,11-12,18H,7,10,13-14,20H2,1H3. The first kappa shape index (κ1) is 15.7. The second kappa shape index (κ2) is 7.91. The van der Waals surface area contributed by atoms with Crippen LogP contribution in [0.15, 0.2) is 54.6 Å². The third-order valence-electron chi connectivity index (χ3n) is 3.84. The van der Waals surface area contributed by atoms with Gasteiger partial charge in [-0.1, -0.05) is 48.5 Å². The molecule has 0 saturated carbocycles. The van der Waals surface area contributed by atoms with Crippen LogP contribution in [0.4, 0.5) is 4.39 Å². The highest BCUT2D eigenvalue weighted by Crippen LogP contribution is 2.21. The monoisotopic (exact) mass is 286 g/mol. The first-order chi connectivity index (χ1) is 10.2. The van der Waals surface area contributed by atoms with E-state index in [1.807, 2.05) is 25.2 Å². The summed E-state index contributed by atoms with van der Waals surface area (Å²) in [5.74, 6) is -0.178. The zero-order valence-corrected chi connectivity index (χ0v) is 12.5. The van der Waals surface area contributed by atoms with Crippen molar-refractivity contribution >= 4 is 0 Å². The summed E-state index contributed by atoms with van der Waals surface area (Å²) in [7, 11) is 2.01. The number of benzene rings is 2. The Morgan fingerprint density at radius 2 is 1.71 bits per heavy atom. The molecule has 0 aliphatic rings. The van der Waals surface area contributed by atoms with Crippen molar-refractivity contribution in [3.8, 4) is 0 Å². The minimum Gasteiger partial charge on any atom is -0.329 e. The molecule has 0 amide bonds. The first-order valence-electron chi connectivity index (χ1n) is 7.41. The Balaban J connectivity index is 1.92. The van der Waals surface area contributed by atoms with Gasteiger partial charge in [-0.2, -0.15) is 0 Å². The summed E-state index contributed by atoms with van der Waals surface area (Å²) < 4.78 is 13.9. The number of rotatable bonds is 7. The predicted molar refractivity (Wildman–Crippen MR) is 85.6 cm³/mol. The molecule has 0 radical (unpaired) electrons. The molecule has 2 aromatic carbocycles. The van der Waals surface area contributed by atoms with Gasteiger partial charge in [0.15, 0.2) is 0 Å². The molecule has 112 valence electrons. The predicted octanol–water partition coefficient (Wildman–Crippen LogP) is 3.39. The van der Waals surface area contributed by atoms with Crippen molar-refractivity contribution in [3.05, 3.63) is 71.5 Å². The molecule has 0 aromatic heterocycles. The lowest BCUT2D eigenvalue weighted by Gasteiger charge is -2.27. The summed E-state index contributed by atoms with van der Waals surface area (Å²) in [6.45, 7) is 1.31. The van der Waals surface area contributed by atoms with Gasteiger partial charge in [0.2, 0.25) is 0 Å². The van der Waals surface area contributed by atoms with Gasteiger partial charge in [0.25, 0.3) is 0 Å². The molecule has 0 bridgehead atoms. The van der Waals surface area contributed by atoms with Gasteiger partial charge >= 0.3 is 0 Å². The van der Waals surface area contributed by atoms with Crippen molar-refractivity contribution in [1.82, 2.24) is 4.90 Å². The minimum atomic E-state index is -0.178. The fourth-order valence-corrected chi connectivity index (χ4v) is 2.62. The lowest BCUT2D eigenvalue weighted by atomic mass is 10.0. The Morgan fingerprint density at radius 3 is 2.38 bits per heavy atom. The Morgan fingerprint density at radius 1 is 1.05 bits per heavy atom. The molecule has 3 heteroatoms. The van der Waals surface area contributed by atoms with Crippen LogP contribution in [-0.2, 0) is 6.42 Å². The van der Waals surface area contributed by atoms with Gasteiger partial charge < -0.3 is 5.73 Å². The van der Waals surface area contributed by atoms with Gasteiger partial charge in [0, 0.05) is 18.2 Å². The third-order valence-corrected chi connectivity index (χ3v) is 3.84. The topological polar surface area (TPSA) is 29.3 Å². The molecule has 1 unspecified atom stereocenters. The normalized spacial score (nSPS) is 12.6. The van der Waals surface area contributed by atoms with Crippen LogP contribution in [0, 0.1) is 5.82 Å². The Kier molecular flexibility index (Phi) is 5.90. The molecule has 2 rings (SSSR count). The molecular weight excluding hydrogens is 263 g/mol. The van der Waals surface area contributed by atoms with Gasteiger partial charge in [-0.15, -0.1) is 0 Å². The molecule has 0 saturated heterocycles. The number of halogens is 1. The number of nitrogens with two attached hydrogens (primary N) is 1. The number of nitrogens with zero attached hydrogens (tertiary/aromatic N) is 1. The van der Waals surface area contributed by atoms with Crippen LogP contribution >= 0.6 is 0 Å². The van der Waals surface area contributed by atoms with Crippen LogP contribution in [0.25, 0.3) is 0 Å². The highest BCUT2D eigenvalue weighted by atomic mass is 19.1. The van der Waals surface area contributed by atoms with Crippen molar-refractivity contribution in [3.63, 3.8) is 0 Å². The van der Waals surface area contributed by atoms with Crippen LogP contribution in [0.1, 0.15) is 23.6 Å². The average Bonchev–Trinajstić information content (AvgIpc) is 2.51. The smallest absolute Gasteiger partial charge is 0.128 e. The molecule has 0 aliphatic carbocycles. The largest absolute Gasteiger partial charge is 0.329 e. The summed E-state index contributed by atoms with van der Waals surface area (Å²) in [5.41, 5.74) is 7.87. The second-order valence-corrected chi connectivity index (χ2v) is 5.34.